The molecular weight excluding hydrogens is 392 g/mol. The molecule has 1 N–H and O–H groups in total. The minimum atomic E-state index is -0.240. The van der Waals surface area contributed by atoms with Gasteiger partial charge in [0.1, 0.15) is 0 Å². The van der Waals surface area contributed by atoms with Gasteiger partial charge in [0, 0.05) is 23.4 Å². The van der Waals surface area contributed by atoms with Crippen LogP contribution in [-0.2, 0) is 6.54 Å². The molecule has 1 aromatic heterocycles. The molecule has 146 valence electrons. The fourth-order valence-corrected chi connectivity index (χ4v) is 3.76. The van der Waals surface area contributed by atoms with Gasteiger partial charge in [0.05, 0.1) is 17.2 Å². The number of quaternary nitrogens is 1. The summed E-state index contributed by atoms with van der Waals surface area (Å²) in [4.78, 5) is 27.8. The Labute approximate surface area is 171 Å². The first-order chi connectivity index (χ1) is 14.1. The SMILES string of the molecule is O=C1c2ccccc2C(=O)N1C[NH+](Cc1nnc(-c2ccc(Cl)cc2)o1)C1CC1. The highest BCUT2D eigenvalue weighted by molar-refractivity contribution is 6.30. The summed E-state index contributed by atoms with van der Waals surface area (Å²) in [5, 5.41) is 8.92. The maximum atomic E-state index is 12.7. The predicted molar refractivity (Wildman–Crippen MR) is 104 cm³/mol. The summed E-state index contributed by atoms with van der Waals surface area (Å²) >= 11 is 5.92. The molecule has 2 aliphatic rings. The van der Waals surface area contributed by atoms with Crippen LogP contribution >= 0.6 is 11.6 Å². The van der Waals surface area contributed by atoms with Crippen molar-refractivity contribution in [2.75, 3.05) is 6.67 Å². The van der Waals surface area contributed by atoms with E-state index in [4.69, 9.17) is 16.0 Å². The minimum absolute atomic E-state index is 0.240. The maximum absolute atomic E-state index is 12.7. The van der Waals surface area contributed by atoms with Crippen molar-refractivity contribution in [2.24, 2.45) is 0 Å². The smallest absolute Gasteiger partial charge is 0.271 e. The molecule has 2 amide bonds. The number of halogens is 1. The third-order valence-corrected chi connectivity index (χ3v) is 5.58. The molecule has 0 spiro atoms. The predicted octanol–water partition coefficient (Wildman–Crippen LogP) is 2.19. The average Bonchev–Trinajstić information content (AvgIpc) is 3.44. The Morgan fingerprint density at radius 2 is 1.66 bits per heavy atom. The van der Waals surface area contributed by atoms with Crippen molar-refractivity contribution in [3.05, 3.63) is 70.6 Å². The summed E-state index contributed by atoms with van der Waals surface area (Å²) in [6.07, 6.45) is 2.10. The van der Waals surface area contributed by atoms with Crippen LogP contribution in [0.15, 0.2) is 52.9 Å². The van der Waals surface area contributed by atoms with Crippen molar-refractivity contribution in [3.63, 3.8) is 0 Å². The number of nitrogens with zero attached hydrogens (tertiary/aromatic N) is 3. The fraction of sp³-hybridized carbons (Fsp3) is 0.238. The zero-order chi connectivity index (χ0) is 20.0. The van der Waals surface area contributed by atoms with Gasteiger partial charge >= 0.3 is 0 Å². The molecule has 0 bridgehead atoms. The molecule has 2 aromatic carbocycles. The number of amides is 2. The Morgan fingerprint density at radius 3 is 2.28 bits per heavy atom. The molecule has 0 radical (unpaired) electrons. The topological polar surface area (TPSA) is 80.7 Å². The number of carbonyl (C=O) groups is 2. The van der Waals surface area contributed by atoms with Crippen LogP contribution in [0.4, 0.5) is 0 Å². The summed E-state index contributed by atoms with van der Waals surface area (Å²) in [6, 6.07) is 14.5. The van der Waals surface area contributed by atoms with Crippen molar-refractivity contribution in [1.29, 1.82) is 0 Å². The standard InChI is InChI=1S/C21H17ClN4O3/c22-14-7-5-13(6-8-14)19-24-23-18(29-19)11-25(15-9-10-15)12-26-20(27)16-3-1-2-4-17(16)21(26)28/h1-8,15H,9-12H2/p+1. The first-order valence-electron chi connectivity index (χ1n) is 9.48. The Kier molecular flexibility index (Phi) is 4.41. The second kappa shape index (κ2) is 7.09. The van der Waals surface area contributed by atoms with E-state index in [1.54, 1.807) is 36.4 Å². The molecule has 1 aliphatic carbocycles. The first-order valence-corrected chi connectivity index (χ1v) is 9.86. The van der Waals surface area contributed by atoms with Crippen LogP contribution in [0.5, 0.6) is 0 Å². The van der Waals surface area contributed by atoms with Gasteiger partial charge in [-0.2, -0.15) is 0 Å². The second-order valence-corrected chi connectivity index (χ2v) is 7.80. The Bertz CT molecular complexity index is 1060. The number of nitrogens with one attached hydrogen (secondary N) is 1. The van der Waals surface area contributed by atoms with E-state index in [9.17, 15) is 9.59 Å². The van der Waals surface area contributed by atoms with Crippen molar-refractivity contribution in [2.45, 2.75) is 25.4 Å². The van der Waals surface area contributed by atoms with E-state index in [0.717, 1.165) is 23.3 Å². The molecule has 1 fully saturated rings. The van der Waals surface area contributed by atoms with Crippen LogP contribution in [0, 0.1) is 0 Å². The Balaban J connectivity index is 1.33. The Hall–Kier alpha value is -3.03. The summed E-state index contributed by atoms with van der Waals surface area (Å²) < 4.78 is 5.82. The van der Waals surface area contributed by atoms with E-state index in [-0.39, 0.29) is 18.5 Å². The van der Waals surface area contributed by atoms with Crippen molar-refractivity contribution >= 4 is 23.4 Å². The lowest BCUT2D eigenvalue weighted by Gasteiger charge is -2.22. The molecular formula is C21H18ClN4O3+. The van der Waals surface area contributed by atoms with Crippen LogP contribution in [0.3, 0.4) is 0 Å². The summed E-state index contributed by atoms with van der Waals surface area (Å²) in [6.45, 7) is 0.744. The number of fused-ring (bicyclic) bond motifs is 1. The highest BCUT2D eigenvalue weighted by Crippen LogP contribution is 2.23. The molecule has 5 rings (SSSR count). The molecule has 3 aromatic rings. The number of aromatic nitrogens is 2. The van der Waals surface area contributed by atoms with Gasteiger partial charge in [0.15, 0.2) is 13.2 Å². The number of carbonyl (C=O) groups excluding carboxylic acids is 2. The summed E-state index contributed by atoms with van der Waals surface area (Å²) in [7, 11) is 0. The third-order valence-electron chi connectivity index (χ3n) is 5.33. The molecule has 7 nitrogen and oxygen atoms in total. The number of hydrogen-bond donors (Lipinski definition) is 1. The summed E-state index contributed by atoms with van der Waals surface area (Å²) in [5.41, 5.74) is 1.73. The van der Waals surface area contributed by atoms with Gasteiger partial charge in [-0.1, -0.05) is 23.7 Å². The summed E-state index contributed by atoms with van der Waals surface area (Å²) in [5.74, 6) is 0.424. The lowest BCUT2D eigenvalue weighted by Crippen LogP contribution is -3.13. The van der Waals surface area contributed by atoms with Gasteiger partial charge in [-0.25, -0.2) is 4.90 Å². The van der Waals surface area contributed by atoms with E-state index in [1.165, 1.54) is 4.90 Å². The molecule has 8 heteroatoms. The van der Waals surface area contributed by atoms with Gasteiger partial charge in [0.25, 0.3) is 17.7 Å². The Morgan fingerprint density at radius 1 is 1.00 bits per heavy atom. The highest BCUT2D eigenvalue weighted by Gasteiger charge is 2.42. The maximum Gasteiger partial charge on any atom is 0.271 e. The number of imide groups is 1. The zero-order valence-electron chi connectivity index (χ0n) is 15.5. The van der Waals surface area contributed by atoms with Crippen LogP contribution in [0.2, 0.25) is 5.02 Å². The van der Waals surface area contributed by atoms with Crippen molar-refractivity contribution in [1.82, 2.24) is 15.1 Å². The normalized spacial score (nSPS) is 16.9. The number of benzene rings is 2. The van der Waals surface area contributed by atoms with E-state index >= 15 is 0 Å². The van der Waals surface area contributed by atoms with E-state index in [2.05, 4.69) is 10.2 Å². The molecule has 1 saturated carbocycles. The van der Waals surface area contributed by atoms with Gasteiger partial charge in [-0.05, 0) is 36.4 Å². The van der Waals surface area contributed by atoms with Crippen molar-refractivity contribution < 1.29 is 18.9 Å². The van der Waals surface area contributed by atoms with Gasteiger partial charge in [0.2, 0.25) is 5.89 Å². The zero-order valence-corrected chi connectivity index (χ0v) is 16.2. The largest absolute Gasteiger partial charge is 0.415 e. The lowest BCUT2D eigenvalue weighted by molar-refractivity contribution is -0.933. The fourth-order valence-electron chi connectivity index (χ4n) is 3.64. The average molecular weight is 410 g/mol. The highest BCUT2D eigenvalue weighted by atomic mass is 35.5. The second-order valence-electron chi connectivity index (χ2n) is 7.36. The molecule has 1 unspecified atom stereocenters. The van der Waals surface area contributed by atoms with Gasteiger partial charge in [-0.15, -0.1) is 10.2 Å². The van der Waals surface area contributed by atoms with Crippen LogP contribution < -0.4 is 4.90 Å². The van der Waals surface area contributed by atoms with Crippen molar-refractivity contribution in [3.8, 4) is 11.5 Å². The van der Waals surface area contributed by atoms with Crippen LogP contribution in [0.25, 0.3) is 11.5 Å². The van der Waals surface area contributed by atoms with Crippen LogP contribution in [0.1, 0.15) is 39.4 Å². The minimum Gasteiger partial charge on any atom is -0.415 e. The van der Waals surface area contributed by atoms with Crippen LogP contribution in [-0.4, -0.2) is 39.6 Å². The molecule has 1 atom stereocenters. The van der Waals surface area contributed by atoms with Gasteiger partial charge < -0.3 is 9.32 Å². The number of hydrogen-bond acceptors (Lipinski definition) is 5. The molecule has 1 aliphatic heterocycles. The lowest BCUT2D eigenvalue weighted by atomic mass is 10.1. The molecule has 0 saturated heterocycles. The van der Waals surface area contributed by atoms with E-state index in [1.807, 2.05) is 12.1 Å². The quantitative estimate of drug-likeness (QED) is 0.631. The van der Waals surface area contributed by atoms with E-state index < -0.39 is 0 Å². The number of rotatable bonds is 6. The monoisotopic (exact) mass is 409 g/mol. The molecule has 2 heterocycles. The third kappa shape index (κ3) is 3.43. The van der Waals surface area contributed by atoms with Gasteiger partial charge in [-0.3, -0.25) is 9.59 Å². The van der Waals surface area contributed by atoms with E-state index in [0.29, 0.717) is 40.5 Å². The molecule has 29 heavy (non-hydrogen) atoms. The first kappa shape index (κ1) is 18.0.